The van der Waals surface area contributed by atoms with Crippen LogP contribution in [0, 0.1) is 0 Å². The summed E-state index contributed by atoms with van der Waals surface area (Å²) >= 11 is 0. The lowest BCUT2D eigenvalue weighted by molar-refractivity contribution is -0.161. The summed E-state index contributed by atoms with van der Waals surface area (Å²) < 4.78 is 10.8. The minimum absolute atomic E-state index is 0.0610. The number of ether oxygens (including phenoxy) is 2. The molecular formula is C71H130O5. The molecule has 0 bridgehead atoms. The van der Waals surface area contributed by atoms with E-state index in [1.54, 1.807) is 0 Å². The number of aliphatic hydroxyl groups is 1. The molecule has 0 aliphatic rings. The Morgan fingerprint density at radius 1 is 0.316 bits per heavy atom. The fraction of sp³-hybridized carbons (Fsp3) is 0.831. The Balaban J connectivity index is 3.40. The van der Waals surface area contributed by atoms with Crippen molar-refractivity contribution in [1.29, 1.82) is 0 Å². The first-order valence-corrected chi connectivity index (χ1v) is 33.8. The molecule has 0 amide bonds. The Kier molecular flexibility index (Phi) is 64.8. The van der Waals surface area contributed by atoms with Crippen molar-refractivity contribution in [1.82, 2.24) is 0 Å². The molecule has 0 aromatic rings. The van der Waals surface area contributed by atoms with Crippen LogP contribution in [0.1, 0.15) is 361 Å². The summed E-state index contributed by atoms with van der Waals surface area (Å²) in [6, 6.07) is 0. The van der Waals surface area contributed by atoms with Gasteiger partial charge in [-0.05, 0) is 77.0 Å². The van der Waals surface area contributed by atoms with Crippen LogP contribution < -0.4 is 0 Å². The standard InChI is InChI=1S/C71H130O5/c1-3-5-7-9-11-13-15-17-19-21-23-25-27-29-31-32-33-34-35-36-37-38-40-42-44-46-48-50-52-54-56-58-60-62-64-66-71(74)76-69(67-72)68-75-70(73)65-63-61-59-57-55-53-51-49-47-45-43-41-39-30-28-26-24-22-20-18-16-14-12-10-8-6-4-2/h5,7,11,13,17,19,22-25,69,72H,3-4,6,8-10,12,14-16,18,20-21,26-68H2,1-2H3/b7-5-,13-11-,19-17-,24-22-,25-23-. The fourth-order valence-electron chi connectivity index (χ4n) is 10.3. The molecule has 0 fully saturated rings. The van der Waals surface area contributed by atoms with Crippen LogP contribution in [0.15, 0.2) is 60.8 Å². The monoisotopic (exact) mass is 1060 g/mol. The van der Waals surface area contributed by atoms with E-state index in [-0.39, 0.29) is 25.2 Å². The fourth-order valence-corrected chi connectivity index (χ4v) is 10.3. The number of hydrogen-bond acceptors (Lipinski definition) is 5. The first-order chi connectivity index (χ1) is 37.6. The van der Waals surface area contributed by atoms with Gasteiger partial charge in [0.25, 0.3) is 0 Å². The third kappa shape index (κ3) is 64.1. The average Bonchev–Trinajstić information content (AvgIpc) is 3.42. The number of unbranched alkanes of at least 4 members (excludes halogenated alkanes) is 45. The number of esters is 2. The maximum absolute atomic E-state index is 12.4. The molecule has 5 nitrogen and oxygen atoms in total. The van der Waals surface area contributed by atoms with Crippen LogP contribution in [0.25, 0.3) is 0 Å². The highest BCUT2D eigenvalue weighted by atomic mass is 16.6. The lowest BCUT2D eigenvalue weighted by Crippen LogP contribution is -2.28. The van der Waals surface area contributed by atoms with E-state index in [1.807, 2.05) is 0 Å². The quantitative estimate of drug-likeness (QED) is 0.0373. The number of hydrogen-bond donors (Lipinski definition) is 1. The normalized spacial score (nSPS) is 12.5. The number of allylic oxidation sites excluding steroid dienone is 10. The van der Waals surface area contributed by atoms with Crippen LogP contribution >= 0.6 is 0 Å². The molecule has 1 atom stereocenters. The summed E-state index contributed by atoms with van der Waals surface area (Å²) in [5, 5.41) is 9.70. The van der Waals surface area contributed by atoms with Gasteiger partial charge in [0.15, 0.2) is 6.10 Å². The van der Waals surface area contributed by atoms with Gasteiger partial charge in [-0.1, -0.05) is 331 Å². The van der Waals surface area contributed by atoms with E-state index in [4.69, 9.17) is 9.47 Å². The second-order valence-electron chi connectivity index (χ2n) is 22.9. The van der Waals surface area contributed by atoms with Crippen molar-refractivity contribution in [3.8, 4) is 0 Å². The molecule has 0 spiro atoms. The zero-order valence-corrected chi connectivity index (χ0v) is 51.0. The van der Waals surface area contributed by atoms with Gasteiger partial charge in [0, 0.05) is 12.8 Å². The van der Waals surface area contributed by atoms with E-state index in [2.05, 4.69) is 74.6 Å². The maximum Gasteiger partial charge on any atom is 0.306 e. The van der Waals surface area contributed by atoms with Gasteiger partial charge in [-0.3, -0.25) is 9.59 Å². The van der Waals surface area contributed by atoms with E-state index in [9.17, 15) is 14.7 Å². The summed E-state index contributed by atoms with van der Waals surface area (Å²) in [5.41, 5.74) is 0. The molecule has 0 saturated carbocycles. The molecule has 0 radical (unpaired) electrons. The van der Waals surface area contributed by atoms with Gasteiger partial charge in [0.05, 0.1) is 6.61 Å². The van der Waals surface area contributed by atoms with E-state index < -0.39 is 6.10 Å². The minimum atomic E-state index is -0.771. The van der Waals surface area contributed by atoms with Gasteiger partial charge in [-0.2, -0.15) is 0 Å². The Bertz CT molecular complexity index is 1300. The molecule has 0 heterocycles. The molecule has 0 aliphatic heterocycles. The molecule has 0 aromatic heterocycles. The summed E-state index contributed by atoms with van der Waals surface area (Å²) in [7, 11) is 0. The molecule has 0 rings (SSSR count). The minimum Gasteiger partial charge on any atom is -0.462 e. The van der Waals surface area contributed by atoms with Gasteiger partial charge in [-0.25, -0.2) is 0 Å². The number of carbonyl (C=O) groups is 2. The van der Waals surface area contributed by atoms with Gasteiger partial charge < -0.3 is 14.6 Å². The van der Waals surface area contributed by atoms with Crippen molar-refractivity contribution in [2.24, 2.45) is 0 Å². The average molecular weight is 1060 g/mol. The summed E-state index contributed by atoms with van der Waals surface area (Å²) in [6.07, 6.45) is 91.1. The van der Waals surface area contributed by atoms with Crippen LogP contribution in [-0.4, -0.2) is 36.4 Å². The highest BCUT2D eigenvalue weighted by Gasteiger charge is 2.16. The summed E-state index contributed by atoms with van der Waals surface area (Å²) in [5.74, 6) is -0.570. The highest BCUT2D eigenvalue weighted by Crippen LogP contribution is 2.18. The lowest BCUT2D eigenvalue weighted by Gasteiger charge is -2.15. The van der Waals surface area contributed by atoms with Gasteiger partial charge in [0.1, 0.15) is 6.61 Å². The third-order valence-electron chi connectivity index (χ3n) is 15.3. The van der Waals surface area contributed by atoms with Crippen molar-refractivity contribution in [2.75, 3.05) is 13.2 Å². The topological polar surface area (TPSA) is 72.8 Å². The van der Waals surface area contributed by atoms with Crippen molar-refractivity contribution in [3.05, 3.63) is 60.8 Å². The van der Waals surface area contributed by atoms with E-state index in [0.29, 0.717) is 12.8 Å². The largest absolute Gasteiger partial charge is 0.462 e. The summed E-state index contributed by atoms with van der Waals surface area (Å²) in [4.78, 5) is 24.6. The van der Waals surface area contributed by atoms with Crippen molar-refractivity contribution < 1.29 is 24.2 Å². The first-order valence-electron chi connectivity index (χ1n) is 33.8. The Morgan fingerprint density at radius 2 is 0.566 bits per heavy atom. The zero-order valence-electron chi connectivity index (χ0n) is 51.0. The Labute approximate surface area is 474 Å². The lowest BCUT2D eigenvalue weighted by atomic mass is 10.0. The van der Waals surface area contributed by atoms with E-state index in [0.717, 1.165) is 64.2 Å². The summed E-state index contributed by atoms with van der Waals surface area (Å²) in [6.45, 7) is 4.08. The predicted octanol–water partition coefficient (Wildman–Crippen LogP) is 23.3. The Hall–Kier alpha value is -2.40. The number of aliphatic hydroxyl groups excluding tert-OH is 1. The predicted molar refractivity (Wildman–Crippen MR) is 334 cm³/mol. The van der Waals surface area contributed by atoms with Gasteiger partial charge in [-0.15, -0.1) is 0 Å². The molecular weight excluding hydrogens is 933 g/mol. The van der Waals surface area contributed by atoms with Crippen LogP contribution in [-0.2, 0) is 19.1 Å². The van der Waals surface area contributed by atoms with Crippen LogP contribution in [0.2, 0.25) is 0 Å². The number of rotatable bonds is 63. The first kappa shape index (κ1) is 73.6. The molecule has 444 valence electrons. The van der Waals surface area contributed by atoms with Crippen LogP contribution in [0.4, 0.5) is 0 Å². The maximum atomic E-state index is 12.4. The molecule has 1 unspecified atom stereocenters. The zero-order chi connectivity index (χ0) is 54.8. The Morgan fingerprint density at radius 3 is 0.868 bits per heavy atom. The molecule has 0 aliphatic carbocycles. The van der Waals surface area contributed by atoms with E-state index >= 15 is 0 Å². The molecule has 1 N–H and O–H groups in total. The second-order valence-corrected chi connectivity index (χ2v) is 22.9. The van der Waals surface area contributed by atoms with E-state index in [1.165, 1.54) is 270 Å². The molecule has 0 aromatic carbocycles. The molecule has 0 saturated heterocycles. The SMILES string of the molecule is CC/C=C\C/C=C\C/C=C\C/C=C\CCCCCCCCCCCCCCCCCCCCCCCCC(=O)OC(CO)COC(=O)CCCCCCCCCCCCCCCCC/C=C\CCCCCCCCCC. The third-order valence-corrected chi connectivity index (χ3v) is 15.3. The second kappa shape index (κ2) is 66.9. The van der Waals surface area contributed by atoms with Crippen molar-refractivity contribution in [3.63, 3.8) is 0 Å². The smallest absolute Gasteiger partial charge is 0.306 e. The van der Waals surface area contributed by atoms with Gasteiger partial charge in [0.2, 0.25) is 0 Å². The van der Waals surface area contributed by atoms with Crippen molar-refractivity contribution in [2.45, 2.75) is 367 Å². The van der Waals surface area contributed by atoms with Crippen LogP contribution in [0.3, 0.4) is 0 Å². The number of carbonyl (C=O) groups excluding carboxylic acids is 2. The van der Waals surface area contributed by atoms with Crippen molar-refractivity contribution >= 4 is 11.9 Å². The molecule has 5 heteroatoms. The van der Waals surface area contributed by atoms with Gasteiger partial charge >= 0.3 is 11.9 Å². The molecule has 76 heavy (non-hydrogen) atoms. The van der Waals surface area contributed by atoms with Crippen LogP contribution in [0.5, 0.6) is 0 Å². The highest BCUT2D eigenvalue weighted by molar-refractivity contribution is 5.70.